The van der Waals surface area contributed by atoms with Gasteiger partial charge in [-0.05, 0) is 12.3 Å². The maximum absolute atomic E-state index is 2.31. The van der Waals surface area contributed by atoms with Crippen LogP contribution in [0.15, 0.2) is 55.0 Å². The van der Waals surface area contributed by atoms with Crippen molar-refractivity contribution in [3.8, 4) is 0 Å². The Morgan fingerprint density at radius 2 is 1.93 bits per heavy atom. The molecule has 0 radical (unpaired) electrons. The van der Waals surface area contributed by atoms with Gasteiger partial charge in [0.05, 0.1) is 6.54 Å². The molecule has 2 heterocycles. The molecule has 0 amide bonds. The monoisotopic (exact) mass is 187 g/mol. The Hall–Kier alpha value is -1.57. The number of pyridine rings is 1. The van der Waals surface area contributed by atoms with Gasteiger partial charge in [0.2, 0.25) is 0 Å². The molecule has 0 saturated heterocycles. The van der Waals surface area contributed by atoms with Gasteiger partial charge in [0.1, 0.15) is 0 Å². The van der Waals surface area contributed by atoms with Crippen LogP contribution in [0.25, 0.3) is 0 Å². The average Bonchev–Trinajstić information content (AvgIpc) is 2.29. The van der Waals surface area contributed by atoms with E-state index in [4.69, 9.17) is 0 Å². The number of hydrogen-bond acceptors (Lipinski definition) is 1. The normalized spacial score (nSPS) is 14.7. The predicted molar refractivity (Wildman–Crippen MR) is 56.5 cm³/mol. The van der Waals surface area contributed by atoms with Crippen LogP contribution in [-0.2, 0) is 6.54 Å². The first-order valence-electron chi connectivity index (χ1n) is 4.96. The number of aromatic nitrogens is 1. The first-order valence-corrected chi connectivity index (χ1v) is 4.96. The zero-order valence-electron chi connectivity index (χ0n) is 8.21. The third-order valence-electron chi connectivity index (χ3n) is 2.31. The van der Waals surface area contributed by atoms with Crippen LogP contribution in [0.3, 0.4) is 0 Å². The Kier molecular flexibility index (Phi) is 2.96. The lowest BCUT2D eigenvalue weighted by Crippen LogP contribution is -2.38. The van der Waals surface area contributed by atoms with Crippen molar-refractivity contribution in [2.45, 2.75) is 6.54 Å². The fourth-order valence-corrected chi connectivity index (χ4v) is 1.50. The van der Waals surface area contributed by atoms with Crippen LogP contribution in [-0.4, -0.2) is 18.0 Å². The molecule has 1 aliphatic heterocycles. The molecule has 14 heavy (non-hydrogen) atoms. The van der Waals surface area contributed by atoms with Crippen molar-refractivity contribution in [1.82, 2.24) is 4.90 Å². The van der Waals surface area contributed by atoms with E-state index in [2.05, 4.69) is 58.4 Å². The van der Waals surface area contributed by atoms with Crippen LogP contribution in [0.4, 0.5) is 0 Å². The largest absolute Gasteiger partial charge is 0.367 e. The van der Waals surface area contributed by atoms with Crippen LogP contribution in [0.5, 0.6) is 0 Å². The highest BCUT2D eigenvalue weighted by Gasteiger charge is 2.03. The van der Waals surface area contributed by atoms with E-state index in [0.29, 0.717) is 0 Å². The minimum atomic E-state index is 1.03. The predicted octanol–water partition coefficient (Wildman–Crippen LogP) is 1.36. The molecule has 2 nitrogen and oxygen atoms in total. The average molecular weight is 187 g/mol. The van der Waals surface area contributed by atoms with Crippen LogP contribution in [0, 0.1) is 0 Å². The fraction of sp³-hybridized carbons (Fsp3) is 0.250. The van der Waals surface area contributed by atoms with Crippen LogP contribution < -0.4 is 4.57 Å². The Morgan fingerprint density at radius 3 is 2.64 bits per heavy atom. The number of allylic oxidation sites excluding steroid dienone is 2. The minimum Gasteiger partial charge on any atom is -0.367 e. The Morgan fingerprint density at radius 1 is 1.07 bits per heavy atom. The summed E-state index contributed by atoms with van der Waals surface area (Å²) in [4.78, 5) is 2.31. The molecule has 0 aliphatic carbocycles. The van der Waals surface area contributed by atoms with E-state index < -0.39 is 0 Å². The highest BCUT2D eigenvalue weighted by molar-refractivity contribution is 5.08. The smallest absolute Gasteiger partial charge is 0.168 e. The van der Waals surface area contributed by atoms with Crippen molar-refractivity contribution in [2.24, 2.45) is 0 Å². The topological polar surface area (TPSA) is 7.12 Å². The maximum atomic E-state index is 2.31. The second-order valence-electron chi connectivity index (χ2n) is 3.38. The van der Waals surface area contributed by atoms with Crippen LogP contribution in [0.2, 0.25) is 0 Å². The van der Waals surface area contributed by atoms with Gasteiger partial charge in [0.15, 0.2) is 18.9 Å². The molecule has 0 aromatic carbocycles. The second kappa shape index (κ2) is 4.61. The van der Waals surface area contributed by atoms with E-state index in [9.17, 15) is 0 Å². The van der Waals surface area contributed by atoms with E-state index in [-0.39, 0.29) is 0 Å². The molecule has 1 aromatic rings. The van der Waals surface area contributed by atoms with Gasteiger partial charge >= 0.3 is 0 Å². The second-order valence-corrected chi connectivity index (χ2v) is 3.38. The third kappa shape index (κ3) is 2.46. The summed E-state index contributed by atoms with van der Waals surface area (Å²) in [7, 11) is 0. The van der Waals surface area contributed by atoms with Crippen molar-refractivity contribution in [1.29, 1.82) is 0 Å². The molecule has 1 aliphatic rings. The highest BCUT2D eigenvalue weighted by Crippen LogP contribution is 1.96. The zero-order chi connectivity index (χ0) is 9.64. The van der Waals surface area contributed by atoms with E-state index >= 15 is 0 Å². The van der Waals surface area contributed by atoms with Gasteiger partial charge in [-0.2, -0.15) is 0 Å². The molecule has 2 rings (SSSR count). The molecule has 72 valence electrons. The van der Waals surface area contributed by atoms with Gasteiger partial charge in [-0.25, -0.2) is 4.57 Å². The van der Waals surface area contributed by atoms with Crippen molar-refractivity contribution >= 4 is 0 Å². The van der Waals surface area contributed by atoms with Crippen LogP contribution in [0.1, 0.15) is 0 Å². The summed E-state index contributed by atoms with van der Waals surface area (Å²) in [5, 5.41) is 0. The molecule has 0 spiro atoms. The minimum absolute atomic E-state index is 1.03. The lowest BCUT2D eigenvalue weighted by molar-refractivity contribution is -0.696. The van der Waals surface area contributed by atoms with Crippen molar-refractivity contribution in [3.63, 3.8) is 0 Å². The summed E-state index contributed by atoms with van der Waals surface area (Å²) in [5.41, 5.74) is 0. The lowest BCUT2D eigenvalue weighted by Gasteiger charge is -2.18. The number of hydrogen-bond donors (Lipinski definition) is 0. The van der Waals surface area contributed by atoms with Gasteiger partial charge < -0.3 is 4.90 Å². The molecule has 0 bridgehead atoms. The van der Waals surface area contributed by atoms with Gasteiger partial charge in [-0.15, -0.1) is 0 Å². The molecule has 2 heteroatoms. The van der Waals surface area contributed by atoms with E-state index in [0.717, 1.165) is 19.6 Å². The molecule has 0 atom stereocenters. The lowest BCUT2D eigenvalue weighted by atomic mass is 10.3. The first kappa shape index (κ1) is 9.00. The zero-order valence-corrected chi connectivity index (χ0v) is 8.21. The van der Waals surface area contributed by atoms with Crippen molar-refractivity contribution in [2.75, 3.05) is 13.1 Å². The SMILES string of the molecule is C1=CCN(CC[n+]2ccccc2)C=C1. The summed E-state index contributed by atoms with van der Waals surface area (Å²) in [5.74, 6) is 0. The number of nitrogens with zero attached hydrogens (tertiary/aromatic N) is 2. The van der Waals surface area contributed by atoms with Gasteiger partial charge in [-0.3, -0.25) is 0 Å². The van der Waals surface area contributed by atoms with E-state index in [1.165, 1.54) is 0 Å². The van der Waals surface area contributed by atoms with Crippen molar-refractivity contribution in [3.05, 3.63) is 55.0 Å². The van der Waals surface area contributed by atoms with Crippen LogP contribution >= 0.6 is 0 Å². The van der Waals surface area contributed by atoms with Gasteiger partial charge in [-0.1, -0.05) is 18.2 Å². The third-order valence-corrected chi connectivity index (χ3v) is 2.31. The summed E-state index contributed by atoms with van der Waals surface area (Å²) in [6.45, 7) is 3.14. The van der Waals surface area contributed by atoms with Gasteiger partial charge in [0, 0.05) is 18.7 Å². The molecular weight excluding hydrogens is 172 g/mol. The molecule has 0 unspecified atom stereocenters. The Balaban J connectivity index is 1.83. The summed E-state index contributed by atoms with van der Waals surface area (Å²) in [6.07, 6.45) is 12.7. The summed E-state index contributed by atoms with van der Waals surface area (Å²) in [6, 6.07) is 6.16. The molecule has 1 aromatic heterocycles. The first-order chi connectivity index (χ1) is 6.95. The maximum Gasteiger partial charge on any atom is 0.168 e. The molecule has 0 saturated carbocycles. The fourth-order valence-electron chi connectivity index (χ4n) is 1.50. The standard InChI is InChI=1S/C12H15N2/c1-3-7-13(8-4-1)11-12-14-9-5-2-6-10-14/h1-9H,10-12H2/q+1. The Labute approximate surface area is 84.8 Å². The Bertz CT molecular complexity index is 327. The quantitative estimate of drug-likeness (QED) is 0.648. The summed E-state index contributed by atoms with van der Waals surface area (Å²) >= 11 is 0. The van der Waals surface area contributed by atoms with E-state index in [1.807, 2.05) is 6.07 Å². The van der Waals surface area contributed by atoms with E-state index in [1.54, 1.807) is 0 Å². The van der Waals surface area contributed by atoms with Crippen molar-refractivity contribution < 1.29 is 4.57 Å². The molecule has 0 fully saturated rings. The number of rotatable bonds is 3. The van der Waals surface area contributed by atoms with Gasteiger partial charge in [0.25, 0.3) is 0 Å². The molecular formula is C12H15N2+. The summed E-state index contributed by atoms with van der Waals surface area (Å²) < 4.78 is 2.20. The molecule has 0 N–H and O–H groups in total. The highest BCUT2D eigenvalue weighted by atomic mass is 15.1.